The lowest BCUT2D eigenvalue weighted by atomic mass is 9.97. The van der Waals surface area contributed by atoms with Crippen molar-refractivity contribution in [3.05, 3.63) is 16.1 Å². The summed E-state index contributed by atoms with van der Waals surface area (Å²) in [5, 5.41) is 14.2. The fourth-order valence-electron chi connectivity index (χ4n) is 2.84. The lowest BCUT2D eigenvalue weighted by Gasteiger charge is -2.34. The molecule has 1 amide bonds. The van der Waals surface area contributed by atoms with Crippen LogP contribution in [0, 0.1) is 18.3 Å². The Morgan fingerprint density at radius 3 is 2.67 bits per heavy atom. The van der Waals surface area contributed by atoms with Crippen molar-refractivity contribution in [1.82, 2.24) is 10.0 Å². The largest absolute Gasteiger partial charge is 0.461 e. The zero-order valence-electron chi connectivity index (χ0n) is 18.4. The third-order valence-electron chi connectivity index (χ3n) is 4.51. The van der Waals surface area contributed by atoms with Gasteiger partial charge in [0.1, 0.15) is 11.1 Å². The molecular weight excluding hydrogens is 404 g/mol. The number of esters is 1. The number of aliphatic hydroxyl groups excluding tert-OH is 1. The van der Waals surface area contributed by atoms with Crippen LogP contribution in [0.4, 0.5) is 0 Å². The van der Waals surface area contributed by atoms with E-state index in [9.17, 15) is 14.7 Å². The molecule has 1 N–H and O–H groups in total. The van der Waals surface area contributed by atoms with Crippen molar-refractivity contribution in [2.45, 2.75) is 78.4 Å². The molecule has 0 fully saturated rings. The Morgan fingerprint density at radius 1 is 1.33 bits per heavy atom. The van der Waals surface area contributed by atoms with E-state index in [1.54, 1.807) is 12.3 Å². The molecule has 1 rings (SSSR count). The van der Waals surface area contributed by atoms with E-state index in [1.165, 1.54) is 16.4 Å². The lowest BCUT2D eigenvalue weighted by Crippen LogP contribution is -2.44. The minimum atomic E-state index is -0.929. The molecule has 7 nitrogen and oxygen atoms in total. The third kappa shape index (κ3) is 8.42. The van der Waals surface area contributed by atoms with Crippen molar-refractivity contribution in [3.63, 3.8) is 0 Å². The van der Waals surface area contributed by atoms with Crippen LogP contribution in [-0.4, -0.2) is 46.3 Å². The molecule has 0 aliphatic rings. The quantitative estimate of drug-likeness (QED) is 0.203. The predicted octanol–water partition coefficient (Wildman–Crippen LogP) is 4.13. The number of carbonyl (C=O) groups is 2. The Balaban J connectivity index is 2.93. The first-order chi connectivity index (χ1) is 14.3. The molecule has 2 atom stereocenters. The molecule has 0 saturated heterocycles. The number of ether oxygens (including phenoxy) is 1. The summed E-state index contributed by atoms with van der Waals surface area (Å²) in [6.07, 6.45) is 7.89. The summed E-state index contributed by atoms with van der Waals surface area (Å²) in [4.78, 5) is 34.7. The normalized spacial score (nSPS) is 13.0. The Hall–Kier alpha value is -1.95. The highest BCUT2D eigenvalue weighted by Crippen LogP contribution is 2.28. The maximum absolute atomic E-state index is 12.8. The number of hydrogen-bond acceptors (Lipinski definition) is 7. The minimum Gasteiger partial charge on any atom is -0.461 e. The van der Waals surface area contributed by atoms with Gasteiger partial charge in [0.2, 0.25) is 5.91 Å². The van der Waals surface area contributed by atoms with Crippen LogP contribution in [0.1, 0.15) is 87.8 Å². The molecule has 0 bridgehead atoms. The van der Waals surface area contributed by atoms with Crippen molar-refractivity contribution in [1.29, 1.82) is 0 Å². The number of carbonyl (C=O) groups excluding carboxylic acids is 2. The van der Waals surface area contributed by atoms with Gasteiger partial charge in [0.15, 0.2) is 5.69 Å². The molecule has 2 unspecified atom stereocenters. The molecule has 8 heteroatoms. The highest BCUT2D eigenvalue weighted by atomic mass is 32.1. The SMILES string of the molecule is C#CCCCON(C(=O)CCCC)C(CC(O)c1nc(C(=O)OCC)cs1)C(C)C. The van der Waals surface area contributed by atoms with Gasteiger partial charge in [0.25, 0.3) is 0 Å². The summed E-state index contributed by atoms with van der Waals surface area (Å²) in [7, 11) is 0. The van der Waals surface area contributed by atoms with E-state index in [-0.39, 0.29) is 36.6 Å². The number of nitrogens with zero attached hydrogens (tertiary/aromatic N) is 2. The summed E-state index contributed by atoms with van der Waals surface area (Å²) in [5.74, 6) is 1.99. The van der Waals surface area contributed by atoms with Gasteiger partial charge in [-0.3, -0.25) is 9.63 Å². The fraction of sp³-hybridized carbons (Fsp3) is 0.682. The van der Waals surface area contributed by atoms with Gasteiger partial charge in [0, 0.05) is 24.6 Å². The Kier molecular flexibility index (Phi) is 12.3. The second-order valence-corrected chi connectivity index (χ2v) is 8.21. The number of rotatable bonds is 14. The molecule has 0 spiro atoms. The molecule has 0 aliphatic heterocycles. The number of terminal acetylenes is 1. The Labute approximate surface area is 183 Å². The van der Waals surface area contributed by atoms with E-state index in [1.807, 2.05) is 20.8 Å². The van der Waals surface area contributed by atoms with Gasteiger partial charge in [-0.25, -0.2) is 14.8 Å². The molecule has 0 aliphatic carbocycles. The summed E-state index contributed by atoms with van der Waals surface area (Å²) in [6.45, 7) is 8.31. The van der Waals surface area contributed by atoms with Gasteiger partial charge in [-0.2, -0.15) is 0 Å². The number of hydrogen-bond donors (Lipinski definition) is 1. The zero-order valence-corrected chi connectivity index (χ0v) is 19.2. The second kappa shape index (κ2) is 14.1. The summed E-state index contributed by atoms with van der Waals surface area (Å²) >= 11 is 1.20. The first kappa shape index (κ1) is 26.1. The van der Waals surface area contributed by atoms with Gasteiger partial charge in [0.05, 0.1) is 19.3 Å². The summed E-state index contributed by atoms with van der Waals surface area (Å²) in [6, 6.07) is -0.342. The van der Waals surface area contributed by atoms with E-state index in [0.29, 0.717) is 30.9 Å². The highest BCUT2D eigenvalue weighted by Gasteiger charge is 2.31. The number of thiazole rings is 1. The summed E-state index contributed by atoms with van der Waals surface area (Å²) < 4.78 is 4.95. The van der Waals surface area contributed by atoms with Crippen molar-refractivity contribution < 1.29 is 24.3 Å². The first-order valence-corrected chi connectivity index (χ1v) is 11.4. The fourth-order valence-corrected chi connectivity index (χ4v) is 3.62. The van der Waals surface area contributed by atoms with Crippen LogP contribution in [0.3, 0.4) is 0 Å². The molecule has 1 aromatic heterocycles. The van der Waals surface area contributed by atoms with Crippen molar-refractivity contribution in [2.24, 2.45) is 5.92 Å². The molecule has 0 aromatic carbocycles. The monoisotopic (exact) mass is 438 g/mol. The number of aliphatic hydroxyl groups is 1. The van der Waals surface area contributed by atoms with Crippen LogP contribution < -0.4 is 0 Å². The van der Waals surface area contributed by atoms with E-state index < -0.39 is 12.1 Å². The first-order valence-electron chi connectivity index (χ1n) is 10.5. The Morgan fingerprint density at radius 2 is 2.07 bits per heavy atom. The van der Waals surface area contributed by atoms with Gasteiger partial charge < -0.3 is 9.84 Å². The number of amides is 1. The van der Waals surface area contributed by atoms with Crippen LogP contribution in [-0.2, 0) is 14.4 Å². The van der Waals surface area contributed by atoms with E-state index in [0.717, 1.165) is 12.8 Å². The highest BCUT2D eigenvalue weighted by molar-refractivity contribution is 7.09. The molecule has 1 heterocycles. The van der Waals surface area contributed by atoms with Crippen LogP contribution >= 0.6 is 11.3 Å². The van der Waals surface area contributed by atoms with Gasteiger partial charge >= 0.3 is 5.97 Å². The number of unbranched alkanes of at least 4 members (excludes halogenated alkanes) is 2. The second-order valence-electron chi connectivity index (χ2n) is 7.32. The maximum atomic E-state index is 12.8. The molecule has 0 saturated carbocycles. The van der Waals surface area contributed by atoms with E-state index >= 15 is 0 Å². The maximum Gasteiger partial charge on any atom is 0.357 e. The molecule has 0 radical (unpaired) electrons. The van der Waals surface area contributed by atoms with Crippen molar-refractivity contribution in [2.75, 3.05) is 13.2 Å². The van der Waals surface area contributed by atoms with Gasteiger partial charge in [-0.05, 0) is 25.7 Å². The summed E-state index contributed by atoms with van der Waals surface area (Å²) in [5.41, 5.74) is 0.179. The third-order valence-corrected chi connectivity index (χ3v) is 5.46. The van der Waals surface area contributed by atoms with Crippen molar-refractivity contribution >= 4 is 23.2 Å². The average Bonchev–Trinajstić information content (AvgIpc) is 3.21. The standard InChI is InChI=1S/C22H34N2O5S/c1-6-9-11-13-29-24(20(26)12-10-7-2)18(16(4)5)14-19(25)21-23-17(15-30-21)22(27)28-8-3/h1,15-16,18-19,25H,7-14H2,2-5H3. The van der Waals surface area contributed by atoms with Gasteiger partial charge in [-0.1, -0.05) is 27.2 Å². The van der Waals surface area contributed by atoms with Crippen LogP contribution in [0.5, 0.6) is 0 Å². The molecule has 1 aromatic rings. The Bertz CT molecular complexity index is 698. The van der Waals surface area contributed by atoms with Gasteiger partial charge in [-0.15, -0.1) is 23.7 Å². The minimum absolute atomic E-state index is 0.0438. The molecular formula is C22H34N2O5S. The molecule has 168 valence electrons. The van der Waals surface area contributed by atoms with Crippen molar-refractivity contribution in [3.8, 4) is 12.3 Å². The van der Waals surface area contributed by atoms with Crippen LogP contribution in [0.15, 0.2) is 5.38 Å². The zero-order chi connectivity index (χ0) is 22.5. The lowest BCUT2D eigenvalue weighted by molar-refractivity contribution is -0.209. The van der Waals surface area contributed by atoms with E-state index in [2.05, 4.69) is 10.9 Å². The van der Waals surface area contributed by atoms with E-state index in [4.69, 9.17) is 16.0 Å². The smallest absolute Gasteiger partial charge is 0.357 e. The number of aromatic nitrogens is 1. The number of hydroxylamine groups is 2. The van der Waals surface area contributed by atoms with Crippen LogP contribution in [0.25, 0.3) is 0 Å². The predicted molar refractivity (Wildman–Crippen MR) is 117 cm³/mol. The average molecular weight is 439 g/mol. The van der Waals surface area contributed by atoms with Crippen LogP contribution in [0.2, 0.25) is 0 Å². The topological polar surface area (TPSA) is 89.0 Å². The molecule has 30 heavy (non-hydrogen) atoms.